The van der Waals surface area contributed by atoms with E-state index in [0.29, 0.717) is 0 Å². The standard InChI is InChI=1S/C6H13O5P/c1-12(10,11-4-3-7)5-2-6(8)9/h7H,2-5H2,1H3,(H,8,9). The molecule has 0 amide bonds. The fourth-order valence-electron chi connectivity index (χ4n) is 0.597. The minimum atomic E-state index is -2.80. The van der Waals surface area contributed by atoms with Crippen LogP contribution in [0.3, 0.4) is 0 Å². The molecule has 0 aromatic carbocycles. The first-order chi connectivity index (χ1) is 5.48. The molecule has 0 saturated carbocycles. The van der Waals surface area contributed by atoms with E-state index < -0.39 is 13.3 Å². The van der Waals surface area contributed by atoms with E-state index in [1.165, 1.54) is 6.66 Å². The molecule has 0 rings (SSSR count). The largest absolute Gasteiger partial charge is 0.481 e. The summed E-state index contributed by atoms with van der Waals surface area (Å²) in [6, 6.07) is 0. The van der Waals surface area contributed by atoms with Crippen LogP contribution in [0.4, 0.5) is 0 Å². The molecule has 0 aliphatic rings. The minimum absolute atomic E-state index is 0.00655. The predicted molar refractivity (Wildman–Crippen MR) is 43.7 cm³/mol. The number of hydrogen-bond donors (Lipinski definition) is 2. The molecule has 0 aliphatic carbocycles. The second-order valence-corrected chi connectivity index (χ2v) is 5.17. The van der Waals surface area contributed by atoms with E-state index in [-0.39, 0.29) is 25.8 Å². The summed E-state index contributed by atoms with van der Waals surface area (Å²) >= 11 is 0. The van der Waals surface area contributed by atoms with Crippen LogP contribution in [-0.4, -0.2) is 42.2 Å². The molecule has 0 radical (unpaired) electrons. The topological polar surface area (TPSA) is 83.8 Å². The number of aliphatic hydroxyl groups excluding tert-OH is 1. The second-order valence-electron chi connectivity index (χ2n) is 2.44. The molecule has 0 aliphatic heterocycles. The van der Waals surface area contributed by atoms with Gasteiger partial charge in [0, 0.05) is 12.8 Å². The predicted octanol–water partition coefficient (Wildman–Crippen LogP) is 0.378. The molecule has 0 fully saturated rings. The average molecular weight is 196 g/mol. The number of carbonyl (C=O) groups is 1. The Balaban J connectivity index is 3.71. The third kappa shape index (κ3) is 6.34. The van der Waals surface area contributed by atoms with Gasteiger partial charge in [-0.25, -0.2) is 0 Å². The van der Waals surface area contributed by atoms with E-state index in [2.05, 4.69) is 0 Å². The normalized spacial score (nSPS) is 15.5. The van der Waals surface area contributed by atoms with Gasteiger partial charge in [-0.15, -0.1) is 0 Å². The maximum absolute atomic E-state index is 11.3. The highest BCUT2D eigenvalue weighted by Crippen LogP contribution is 2.42. The summed E-state index contributed by atoms with van der Waals surface area (Å²) in [4.78, 5) is 10.1. The Bertz CT molecular complexity index is 190. The molecule has 12 heavy (non-hydrogen) atoms. The molecular weight excluding hydrogens is 183 g/mol. The highest BCUT2D eigenvalue weighted by molar-refractivity contribution is 7.58. The lowest BCUT2D eigenvalue weighted by molar-refractivity contribution is -0.136. The zero-order chi connectivity index (χ0) is 9.61. The maximum atomic E-state index is 11.3. The van der Waals surface area contributed by atoms with Gasteiger partial charge in [0.1, 0.15) is 0 Å². The Labute approximate surface area is 70.8 Å². The van der Waals surface area contributed by atoms with E-state index in [4.69, 9.17) is 14.7 Å². The van der Waals surface area contributed by atoms with Crippen LogP contribution in [0.5, 0.6) is 0 Å². The van der Waals surface area contributed by atoms with Crippen LogP contribution in [-0.2, 0) is 13.9 Å². The second kappa shape index (κ2) is 5.30. The fourth-order valence-corrected chi connectivity index (χ4v) is 1.79. The maximum Gasteiger partial charge on any atom is 0.303 e. The van der Waals surface area contributed by atoms with Crippen LogP contribution >= 0.6 is 7.37 Å². The van der Waals surface area contributed by atoms with Gasteiger partial charge < -0.3 is 14.7 Å². The van der Waals surface area contributed by atoms with Gasteiger partial charge in [-0.2, -0.15) is 0 Å². The number of rotatable bonds is 6. The van der Waals surface area contributed by atoms with Crippen molar-refractivity contribution in [2.24, 2.45) is 0 Å². The first kappa shape index (κ1) is 11.6. The molecule has 1 unspecified atom stereocenters. The molecule has 0 heterocycles. The Kier molecular flexibility index (Phi) is 5.13. The Hall–Kier alpha value is -0.380. The highest BCUT2D eigenvalue weighted by atomic mass is 31.2. The van der Waals surface area contributed by atoms with Crippen molar-refractivity contribution in [1.29, 1.82) is 0 Å². The Morgan fingerprint density at radius 1 is 1.58 bits per heavy atom. The summed E-state index contributed by atoms with van der Waals surface area (Å²) in [6.07, 6.45) is -0.151. The molecule has 0 aromatic heterocycles. The summed E-state index contributed by atoms with van der Waals surface area (Å²) in [7, 11) is -2.80. The van der Waals surface area contributed by atoms with Gasteiger partial charge in [-0.05, 0) is 0 Å². The summed E-state index contributed by atoms with van der Waals surface area (Å²) in [5.41, 5.74) is 0. The molecular formula is C6H13O5P. The molecule has 0 spiro atoms. The average Bonchev–Trinajstić information content (AvgIpc) is 1.98. The summed E-state index contributed by atoms with van der Waals surface area (Å²) in [5, 5.41) is 16.6. The number of aliphatic carboxylic acids is 1. The van der Waals surface area contributed by atoms with Crippen LogP contribution in [0.25, 0.3) is 0 Å². The van der Waals surface area contributed by atoms with Crippen LogP contribution in [0.15, 0.2) is 0 Å². The zero-order valence-corrected chi connectivity index (χ0v) is 7.79. The van der Waals surface area contributed by atoms with Crippen molar-refractivity contribution in [2.45, 2.75) is 6.42 Å². The molecule has 1 atom stereocenters. The highest BCUT2D eigenvalue weighted by Gasteiger charge is 2.16. The molecule has 72 valence electrons. The van der Waals surface area contributed by atoms with Gasteiger partial charge in [-0.1, -0.05) is 0 Å². The molecule has 0 bridgehead atoms. The molecule has 0 aromatic rings. The van der Waals surface area contributed by atoms with Gasteiger partial charge in [0.05, 0.1) is 19.6 Å². The van der Waals surface area contributed by atoms with Crippen LogP contribution in [0, 0.1) is 0 Å². The smallest absolute Gasteiger partial charge is 0.303 e. The van der Waals surface area contributed by atoms with E-state index in [1.54, 1.807) is 0 Å². The van der Waals surface area contributed by atoms with Crippen molar-refractivity contribution in [2.75, 3.05) is 26.0 Å². The van der Waals surface area contributed by atoms with Gasteiger partial charge >= 0.3 is 5.97 Å². The van der Waals surface area contributed by atoms with Crippen LogP contribution in [0.2, 0.25) is 0 Å². The number of hydrogen-bond acceptors (Lipinski definition) is 4. The van der Waals surface area contributed by atoms with E-state index in [1.807, 2.05) is 0 Å². The van der Waals surface area contributed by atoms with Crippen molar-refractivity contribution in [3.63, 3.8) is 0 Å². The summed E-state index contributed by atoms with van der Waals surface area (Å²) in [5.74, 6) is -0.996. The summed E-state index contributed by atoms with van der Waals surface area (Å²) < 4.78 is 16.1. The van der Waals surface area contributed by atoms with Gasteiger partial charge in [-0.3, -0.25) is 9.36 Å². The lowest BCUT2D eigenvalue weighted by atomic mass is 10.5. The van der Waals surface area contributed by atoms with Crippen molar-refractivity contribution in [3.05, 3.63) is 0 Å². The molecule has 2 N–H and O–H groups in total. The SMILES string of the molecule is CP(=O)(CCC(=O)O)OCCO. The number of aliphatic hydroxyl groups is 1. The minimum Gasteiger partial charge on any atom is -0.481 e. The van der Waals surface area contributed by atoms with Crippen molar-refractivity contribution < 1.29 is 24.1 Å². The van der Waals surface area contributed by atoms with Gasteiger partial charge in [0.2, 0.25) is 7.37 Å². The quantitative estimate of drug-likeness (QED) is 0.600. The molecule has 6 heteroatoms. The van der Waals surface area contributed by atoms with Crippen LogP contribution in [0.1, 0.15) is 6.42 Å². The Morgan fingerprint density at radius 2 is 2.17 bits per heavy atom. The number of carboxylic acid groups (broad SMARTS) is 1. The van der Waals surface area contributed by atoms with E-state index in [0.717, 1.165) is 0 Å². The first-order valence-corrected chi connectivity index (χ1v) is 5.77. The molecule has 5 nitrogen and oxygen atoms in total. The van der Waals surface area contributed by atoms with E-state index in [9.17, 15) is 9.36 Å². The van der Waals surface area contributed by atoms with Crippen LogP contribution < -0.4 is 0 Å². The summed E-state index contributed by atoms with van der Waals surface area (Å²) in [6.45, 7) is 1.16. The lowest BCUT2D eigenvalue weighted by Crippen LogP contribution is -2.03. The number of carboxylic acids is 1. The fraction of sp³-hybridized carbons (Fsp3) is 0.833. The zero-order valence-electron chi connectivity index (χ0n) is 6.89. The van der Waals surface area contributed by atoms with Crippen molar-refractivity contribution >= 4 is 13.3 Å². The third-order valence-electron chi connectivity index (χ3n) is 1.19. The third-order valence-corrected chi connectivity index (χ3v) is 2.95. The van der Waals surface area contributed by atoms with E-state index >= 15 is 0 Å². The van der Waals surface area contributed by atoms with Gasteiger partial charge in [0.25, 0.3) is 0 Å². The van der Waals surface area contributed by atoms with Crippen molar-refractivity contribution in [1.82, 2.24) is 0 Å². The first-order valence-electron chi connectivity index (χ1n) is 3.51. The molecule has 0 saturated heterocycles. The monoisotopic (exact) mass is 196 g/mol. The van der Waals surface area contributed by atoms with Gasteiger partial charge in [0.15, 0.2) is 0 Å². The lowest BCUT2D eigenvalue weighted by Gasteiger charge is -2.10. The van der Waals surface area contributed by atoms with Crippen molar-refractivity contribution in [3.8, 4) is 0 Å². The Morgan fingerprint density at radius 3 is 2.58 bits per heavy atom.